The number of urea groups is 1. The molecule has 1 heterocycles. The average molecular weight is 326 g/mol. The summed E-state index contributed by atoms with van der Waals surface area (Å²) < 4.78 is 4.92. The molecule has 2 amide bonds. The Morgan fingerprint density at radius 3 is 2.82 bits per heavy atom. The molecule has 0 aromatic heterocycles. The van der Waals surface area contributed by atoms with Crippen molar-refractivity contribution in [3.63, 3.8) is 0 Å². The third-order valence-electron chi connectivity index (χ3n) is 3.86. The summed E-state index contributed by atoms with van der Waals surface area (Å²) in [6, 6.07) is 7.88. The van der Waals surface area contributed by atoms with Crippen molar-refractivity contribution in [1.29, 1.82) is 0 Å². The van der Waals surface area contributed by atoms with E-state index in [1.807, 2.05) is 18.2 Å². The van der Waals surface area contributed by atoms with Crippen LogP contribution in [0.2, 0.25) is 5.02 Å². The number of methoxy groups -OCH3 is 1. The van der Waals surface area contributed by atoms with Crippen molar-refractivity contribution in [2.75, 3.05) is 39.9 Å². The molecule has 0 aliphatic carbocycles. The second kappa shape index (κ2) is 8.98. The first-order valence-corrected chi connectivity index (χ1v) is 8.08. The third kappa shape index (κ3) is 5.16. The summed E-state index contributed by atoms with van der Waals surface area (Å²) in [7, 11) is 1.61. The first-order chi connectivity index (χ1) is 10.7. The third-order valence-corrected chi connectivity index (χ3v) is 4.10. The molecule has 22 heavy (non-hydrogen) atoms. The number of likely N-dealkylation sites (tertiary alicyclic amines) is 1. The molecule has 1 aliphatic rings. The molecule has 2 N–H and O–H groups in total. The number of nitrogens with one attached hydrogen (secondary N) is 2. The summed E-state index contributed by atoms with van der Waals surface area (Å²) in [5.74, 6) is 0. The van der Waals surface area contributed by atoms with Gasteiger partial charge in [0.25, 0.3) is 0 Å². The SMILES string of the molecule is COCCNC(=O)NCC(c1cccc(Cl)c1)N1CCCC1. The minimum absolute atomic E-state index is 0.161. The van der Waals surface area contributed by atoms with Crippen LogP contribution in [-0.4, -0.2) is 50.8 Å². The van der Waals surface area contributed by atoms with Crippen LogP contribution in [0.1, 0.15) is 24.4 Å². The van der Waals surface area contributed by atoms with Gasteiger partial charge in [-0.05, 0) is 43.6 Å². The van der Waals surface area contributed by atoms with Crippen LogP contribution in [0.25, 0.3) is 0 Å². The van der Waals surface area contributed by atoms with E-state index < -0.39 is 0 Å². The van der Waals surface area contributed by atoms with Crippen molar-refractivity contribution in [3.8, 4) is 0 Å². The Kier molecular flexibility index (Phi) is 6.96. The molecule has 1 aromatic rings. The molecule has 5 nitrogen and oxygen atoms in total. The van der Waals surface area contributed by atoms with E-state index in [1.54, 1.807) is 7.11 Å². The highest BCUT2D eigenvalue weighted by Gasteiger charge is 2.24. The molecule has 0 bridgehead atoms. The van der Waals surface area contributed by atoms with Gasteiger partial charge in [-0.25, -0.2) is 4.79 Å². The van der Waals surface area contributed by atoms with Gasteiger partial charge in [0, 0.05) is 25.2 Å². The highest BCUT2D eigenvalue weighted by atomic mass is 35.5. The second-order valence-corrected chi connectivity index (χ2v) is 5.88. The number of carbonyl (C=O) groups excluding carboxylic acids is 1. The number of benzene rings is 1. The number of amides is 2. The van der Waals surface area contributed by atoms with Crippen LogP contribution in [0.15, 0.2) is 24.3 Å². The number of carbonyl (C=O) groups is 1. The molecule has 2 rings (SSSR count). The fourth-order valence-electron chi connectivity index (χ4n) is 2.74. The fraction of sp³-hybridized carbons (Fsp3) is 0.562. The zero-order valence-electron chi connectivity index (χ0n) is 13.0. The van der Waals surface area contributed by atoms with Crippen LogP contribution < -0.4 is 10.6 Å². The van der Waals surface area contributed by atoms with Crippen molar-refractivity contribution < 1.29 is 9.53 Å². The Hall–Kier alpha value is -1.30. The van der Waals surface area contributed by atoms with Gasteiger partial charge in [-0.15, -0.1) is 0 Å². The van der Waals surface area contributed by atoms with Gasteiger partial charge >= 0.3 is 6.03 Å². The summed E-state index contributed by atoms with van der Waals surface area (Å²) in [6.45, 7) is 3.71. The zero-order chi connectivity index (χ0) is 15.8. The fourth-order valence-corrected chi connectivity index (χ4v) is 2.94. The molecule has 1 saturated heterocycles. The van der Waals surface area contributed by atoms with Gasteiger partial charge in [0.15, 0.2) is 0 Å². The molecular weight excluding hydrogens is 302 g/mol. The van der Waals surface area contributed by atoms with E-state index in [9.17, 15) is 4.79 Å². The van der Waals surface area contributed by atoms with Crippen molar-refractivity contribution in [2.24, 2.45) is 0 Å². The monoisotopic (exact) mass is 325 g/mol. The van der Waals surface area contributed by atoms with Gasteiger partial charge < -0.3 is 15.4 Å². The second-order valence-electron chi connectivity index (χ2n) is 5.44. The molecule has 6 heteroatoms. The van der Waals surface area contributed by atoms with Crippen molar-refractivity contribution in [1.82, 2.24) is 15.5 Å². The average Bonchev–Trinajstić information content (AvgIpc) is 3.02. The van der Waals surface area contributed by atoms with Crippen LogP contribution >= 0.6 is 11.6 Å². The van der Waals surface area contributed by atoms with Crippen LogP contribution in [0.5, 0.6) is 0 Å². The van der Waals surface area contributed by atoms with Gasteiger partial charge in [-0.2, -0.15) is 0 Å². The minimum atomic E-state index is -0.164. The molecule has 0 saturated carbocycles. The summed E-state index contributed by atoms with van der Waals surface area (Å²) >= 11 is 6.11. The lowest BCUT2D eigenvalue weighted by atomic mass is 10.1. The quantitative estimate of drug-likeness (QED) is 0.757. The topological polar surface area (TPSA) is 53.6 Å². The first-order valence-electron chi connectivity index (χ1n) is 7.71. The lowest BCUT2D eigenvalue weighted by Crippen LogP contribution is -2.42. The lowest BCUT2D eigenvalue weighted by Gasteiger charge is -2.28. The number of ether oxygens (including phenoxy) is 1. The van der Waals surface area contributed by atoms with Gasteiger partial charge in [0.1, 0.15) is 0 Å². The summed E-state index contributed by atoms with van der Waals surface area (Å²) in [5, 5.41) is 6.45. The Morgan fingerprint density at radius 1 is 1.36 bits per heavy atom. The maximum Gasteiger partial charge on any atom is 0.314 e. The van der Waals surface area contributed by atoms with E-state index in [0.717, 1.165) is 23.7 Å². The van der Waals surface area contributed by atoms with Crippen molar-refractivity contribution in [2.45, 2.75) is 18.9 Å². The Morgan fingerprint density at radius 2 is 2.14 bits per heavy atom. The van der Waals surface area contributed by atoms with E-state index >= 15 is 0 Å². The Balaban J connectivity index is 1.95. The maximum atomic E-state index is 11.8. The predicted molar refractivity (Wildman–Crippen MR) is 88.3 cm³/mol. The summed E-state index contributed by atoms with van der Waals surface area (Å²) in [6.07, 6.45) is 2.41. The molecule has 122 valence electrons. The first kappa shape index (κ1) is 17.1. The van der Waals surface area contributed by atoms with Crippen LogP contribution in [-0.2, 0) is 4.74 Å². The molecule has 0 spiro atoms. The van der Waals surface area contributed by atoms with Crippen molar-refractivity contribution >= 4 is 17.6 Å². The van der Waals surface area contributed by atoms with Crippen LogP contribution in [0.3, 0.4) is 0 Å². The minimum Gasteiger partial charge on any atom is -0.383 e. The van der Waals surface area contributed by atoms with E-state index in [-0.39, 0.29) is 12.1 Å². The Labute approximate surface area is 137 Å². The van der Waals surface area contributed by atoms with Gasteiger partial charge in [0.2, 0.25) is 0 Å². The zero-order valence-corrected chi connectivity index (χ0v) is 13.7. The molecule has 0 radical (unpaired) electrons. The molecule has 1 unspecified atom stereocenters. The lowest BCUT2D eigenvalue weighted by molar-refractivity contribution is 0.193. The Bertz CT molecular complexity index is 478. The number of nitrogens with zero attached hydrogens (tertiary/aromatic N) is 1. The number of hydrogen-bond acceptors (Lipinski definition) is 3. The number of rotatable bonds is 7. The molecule has 1 atom stereocenters. The predicted octanol–water partition coefficient (Wildman–Crippen LogP) is 2.42. The largest absolute Gasteiger partial charge is 0.383 e. The smallest absolute Gasteiger partial charge is 0.314 e. The van der Waals surface area contributed by atoms with E-state index in [4.69, 9.17) is 16.3 Å². The summed E-state index contributed by atoms with van der Waals surface area (Å²) in [5.41, 5.74) is 1.14. The summed E-state index contributed by atoms with van der Waals surface area (Å²) in [4.78, 5) is 14.2. The molecule has 1 fully saturated rings. The molecular formula is C16H24ClN3O2. The van der Waals surface area contributed by atoms with Gasteiger partial charge in [-0.3, -0.25) is 4.90 Å². The molecule has 1 aliphatic heterocycles. The molecule has 1 aromatic carbocycles. The standard InChI is InChI=1S/C16H24ClN3O2/c1-22-10-7-18-16(21)19-12-15(20-8-2-3-9-20)13-5-4-6-14(17)11-13/h4-6,11,15H,2-3,7-10,12H2,1H3,(H2,18,19,21). The van der Waals surface area contributed by atoms with E-state index in [2.05, 4.69) is 21.6 Å². The highest BCUT2D eigenvalue weighted by molar-refractivity contribution is 6.30. The van der Waals surface area contributed by atoms with Gasteiger partial charge in [0.05, 0.1) is 12.6 Å². The van der Waals surface area contributed by atoms with Crippen molar-refractivity contribution in [3.05, 3.63) is 34.9 Å². The van der Waals surface area contributed by atoms with Gasteiger partial charge in [-0.1, -0.05) is 23.7 Å². The maximum absolute atomic E-state index is 11.8. The highest BCUT2D eigenvalue weighted by Crippen LogP contribution is 2.26. The van der Waals surface area contributed by atoms with Crippen LogP contribution in [0.4, 0.5) is 4.79 Å². The number of hydrogen-bond donors (Lipinski definition) is 2. The van der Waals surface area contributed by atoms with Crippen LogP contribution in [0, 0.1) is 0 Å². The van der Waals surface area contributed by atoms with E-state index in [0.29, 0.717) is 19.7 Å². The van der Waals surface area contributed by atoms with E-state index in [1.165, 1.54) is 12.8 Å². The number of halogens is 1. The normalized spacial score (nSPS) is 16.5.